The number of hydrogen-bond donors (Lipinski definition) is 2. The summed E-state index contributed by atoms with van der Waals surface area (Å²) in [4.78, 5) is 11.7. The van der Waals surface area contributed by atoms with Crippen LogP contribution in [-0.4, -0.2) is 25.6 Å². The van der Waals surface area contributed by atoms with Gasteiger partial charge in [-0.25, -0.2) is 0 Å². The number of hydrogen-bond acceptors (Lipinski definition) is 3. The van der Waals surface area contributed by atoms with E-state index in [1.54, 1.807) is 0 Å². The lowest BCUT2D eigenvalue weighted by atomic mass is 10.2. The second-order valence-corrected chi connectivity index (χ2v) is 5.31. The topological polar surface area (TPSA) is 50.4 Å². The normalized spacial score (nSPS) is 10.6. The molecule has 0 aliphatic carbocycles. The fraction of sp³-hybridized carbons (Fsp3) is 0.562. The van der Waals surface area contributed by atoms with Crippen LogP contribution in [-0.2, 0) is 4.79 Å². The van der Waals surface area contributed by atoms with Crippen LogP contribution < -0.4 is 15.4 Å². The maximum absolute atomic E-state index is 11.7. The van der Waals surface area contributed by atoms with E-state index in [0.717, 1.165) is 30.8 Å². The van der Waals surface area contributed by atoms with Crippen LogP contribution in [0.15, 0.2) is 24.3 Å². The van der Waals surface area contributed by atoms with Gasteiger partial charge in [-0.1, -0.05) is 27.2 Å². The van der Waals surface area contributed by atoms with E-state index < -0.39 is 0 Å². The Morgan fingerprint density at radius 3 is 2.55 bits per heavy atom. The average Bonchev–Trinajstić information content (AvgIpc) is 2.43. The summed E-state index contributed by atoms with van der Waals surface area (Å²) >= 11 is 0. The van der Waals surface area contributed by atoms with Gasteiger partial charge in [-0.15, -0.1) is 0 Å². The first kappa shape index (κ1) is 16.5. The molecule has 0 atom stereocenters. The predicted octanol–water partition coefficient (Wildman–Crippen LogP) is 3.05. The van der Waals surface area contributed by atoms with Gasteiger partial charge in [0.15, 0.2) is 0 Å². The van der Waals surface area contributed by atoms with Gasteiger partial charge in [-0.2, -0.15) is 0 Å². The van der Waals surface area contributed by atoms with E-state index in [0.29, 0.717) is 19.1 Å². The van der Waals surface area contributed by atoms with Crippen LogP contribution in [0.25, 0.3) is 0 Å². The largest absolute Gasteiger partial charge is 0.493 e. The molecular weight excluding hydrogens is 252 g/mol. The summed E-state index contributed by atoms with van der Waals surface area (Å²) in [5, 5.41) is 5.97. The summed E-state index contributed by atoms with van der Waals surface area (Å²) < 4.78 is 5.59. The molecule has 0 aliphatic heterocycles. The molecule has 0 bridgehead atoms. The Hall–Kier alpha value is -1.55. The molecule has 112 valence electrons. The van der Waals surface area contributed by atoms with Crippen LogP contribution >= 0.6 is 0 Å². The average molecular weight is 278 g/mol. The van der Waals surface area contributed by atoms with Crippen molar-refractivity contribution in [2.45, 2.75) is 33.6 Å². The minimum Gasteiger partial charge on any atom is -0.493 e. The van der Waals surface area contributed by atoms with E-state index >= 15 is 0 Å². The molecule has 4 nitrogen and oxygen atoms in total. The number of unbranched alkanes of at least 4 members (excludes halogenated alkanes) is 1. The van der Waals surface area contributed by atoms with Gasteiger partial charge in [0.1, 0.15) is 5.75 Å². The summed E-state index contributed by atoms with van der Waals surface area (Å²) in [5.74, 6) is 1.32. The number of benzene rings is 1. The van der Waals surface area contributed by atoms with Gasteiger partial charge in [-0.3, -0.25) is 4.79 Å². The smallest absolute Gasteiger partial charge is 0.238 e. The molecule has 0 radical (unpaired) electrons. The molecule has 0 heterocycles. The van der Waals surface area contributed by atoms with Gasteiger partial charge >= 0.3 is 0 Å². The van der Waals surface area contributed by atoms with E-state index in [9.17, 15) is 4.79 Å². The number of nitrogens with one attached hydrogen (secondary N) is 2. The second-order valence-electron chi connectivity index (χ2n) is 5.31. The number of ether oxygens (including phenoxy) is 1. The number of carbonyl (C=O) groups is 1. The fourth-order valence-corrected chi connectivity index (χ4v) is 1.61. The third kappa shape index (κ3) is 7.14. The van der Waals surface area contributed by atoms with E-state index in [1.807, 2.05) is 24.3 Å². The Balaban J connectivity index is 2.31. The van der Waals surface area contributed by atoms with E-state index in [-0.39, 0.29) is 5.91 Å². The maximum atomic E-state index is 11.7. The summed E-state index contributed by atoms with van der Waals surface area (Å²) in [7, 11) is 0. The summed E-state index contributed by atoms with van der Waals surface area (Å²) in [5.41, 5.74) is 0.796. The lowest BCUT2D eigenvalue weighted by molar-refractivity contribution is -0.115. The van der Waals surface area contributed by atoms with Crippen LogP contribution in [0.5, 0.6) is 5.75 Å². The molecule has 1 amide bonds. The molecule has 0 saturated heterocycles. The molecule has 1 aromatic carbocycles. The van der Waals surface area contributed by atoms with E-state index in [4.69, 9.17) is 4.74 Å². The van der Waals surface area contributed by atoms with Crippen LogP contribution in [0, 0.1) is 5.92 Å². The SMILES string of the molecule is CCCCNCC(=O)Nc1ccc(OCC(C)C)cc1. The Morgan fingerprint density at radius 2 is 1.95 bits per heavy atom. The zero-order valence-corrected chi connectivity index (χ0v) is 12.7. The molecule has 0 aromatic heterocycles. The molecule has 0 spiro atoms. The zero-order chi connectivity index (χ0) is 14.8. The van der Waals surface area contributed by atoms with Crippen molar-refractivity contribution < 1.29 is 9.53 Å². The third-order valence-electron chi connectivity index (χ3n) is 2.71. The molecule has 0 aliphatic rings. The highest BCUT2D eigenvalue weighted by atomic mass is 16.5. The van der Waals surface area contributed by atoms with E-state index in [1.165, 1.54) is 0 Å². The van der Waals surface area contributed by atoms with E-state index in [2.05, 4.69) is 31.4 Å². The van der Waals surface area contributed by atoms with Crippen molar-refractivity contribution in [1.29, 1.82) is 0 Å². The van der Waals surface area contributed by atoms with Gasteiger partial charge in [0, 0.05) is 5.69 Å². The molecule has 0 saturated carbocycles. The summed E-state index contributed by atoms with van der Waals surface area (Å²) in [6, 6.07) is 7.48. The molecule has 4 heteroatoms. The fourth-order valence-electron chi connectivity index (χ4n) is 1.61. The van der Waals surface area contributed by atoms with Gasteiger partial charge < -0.3 is 15.4 Å². The highest BCUT2D eigenvalue weighted by molar-refractivity contribution is 5.92. The zero-order valence-electron chi connectivity index (χ0n) is 12.7. The Kier molecular flexibility index (Phi) is 7.73. The minimum absolute atomic E-state index is 0.0167. The quantitative estimate of drug-likeness (QED) is 0.683. The van der Waals surface area contributed by atoms with Crippen molar-refractivity contribution in [3.05, 3.63) is 24.3 Å². The Labute approximate surface area is 121 Å². The van der Waals surface area contributed by atoms with Crippen LogP contribution in [0.4, 0.5) is 5.69 Å². The number of amides is 1. The van der Waals surface area contributed by atoms with Crippen LogP contribution in [0.1, 0.15) is 33.6 Å². The Morgan fingerprint density at radius 1 is 1.25 bits per heavy atom. The molecule has 0 unspecified atom stereocenters. The summed E-state index contributed by atoms with van der Waals surface area (Å²) in [6.07, 6.45) is 2.22. The summed E-state index contributed by atoms with van der Waals surface area (Å²) in [6.45, 7) is 8.29. The minimum atomic E-state index is -0.0167. The second kappa shape index (κ2) is 9.37. The van der Waals surface area contributed by atoms with Gasteiger partial charge in [-0.05, 0) is 43.1 Å². The molecule has 2 N–H and O–H groups in total. The first-order chi connectivity index (χ1) is 9.61. The number of rotatable bonds is 9. The Bertz CT molecular complexity index is 388. The molecule has 1 rings (SSSR count). The van der Waals surface area contributed by atoms with Gasteiger partial charge in [0.2, 0.25) is 5.91 Å². The predicted molar refractivity (Wildman–Crippen MR) is 83.2 cm³/mol. The maximum Gasteiger partial charge on any atom is 0.238 e. The highest BCUT2D eigenvalue weighted by Crippen LogP contribution is 2.16. The van der Waals surface area contributed by atoms with Crippen molar-refractivity contribution in [3.63, 3.8) is 0 Å². The van der Waals surface area contributed by atoms with Crippen molar-refractivity contribution in [2.24, 2.45) is 5.92 Å². The van der Waals surface area contributed by atoms with Crippen molar-refractivity contribution in [3.8, 4) is 5.75 Å². The standard InChI is InChI=1S/C16H26N2O2/c1-4-5-10-17-11-16(19)18-14-6-8-15(9-7-14)20-12-13(2)3/h6-9,13,17H,4-5,10-12H2,1-3H3,(H,18,19). The first-order valence-electron chi connectivity index (χ1n) is 7.35. The molecular formula is C16H26N2O2. The van der Waals surface area contributed by atoms with Crippen molar-refractivity contribution in [1.82, 2.24) is 5.32 Å². The molecule has 20 heavy (non-hydrogen) atoms. The number of anilines is 1. The first-order valence-corrected chi connectivity index (χ1v) is 7.35. The third-order valence-corrected chi connectivity index (χ3v) is 2.71. The van der Waals surface area contributed by atoms with Gasteiger partial charge in [0.25, 0.3) is 0 Å². The highest BCUT2D eigenvalue weighted by Gasteiger charge is 2.02. The lowest BCUT2D eigenvalue weighted by Gasteiger charge is -2.10. The van der Waals surface area contributed by atoms with Crippen LogP contribution in [0.3, 0.4) is 0 Å². The molecule has 0 fully saturated rings. The van der Waals surface area contributed by atoms with Crippen LogP contribution in [0.2, 0.25) is 0 Å². The van der Waals surface area contributed by atoms with Crippen molar-refractivity contribution >= 4 is 11.6 Å². The number of carbonyl (C=O) groups excluding carboxylic acids is 1. The monoisotopic (exact) mass is 278 g/mol. The molecule has 1 aromatic rings. The van der Waals surface area contributed by atoms with Gasteiger partial charge in [0.05, 0.1) is 13.2 Å². The van der Waals surface area contributed by atoms with Crippen molar-refractivity contribution in [2.75, 3.05) is 25.0 Å². The lowest BCUT2D eigenvalue weighted by Crippen LogP contribution is -2.28.